The summed E-state index contributed by atoms with van der Waals surface area (Å²) in [6.45, 7) is 7.01. The van der Waals surface area contributed by atoms with E-state index >= 15 is 0 Å². The van der Waals surface area contributed by atoms with Gasteiger partial charge in [-0.15, -0.1) is 0 Å². The summed E-state index contributed by atoms with van der Waals surface area (Å²) >= 11 is 10.6. The van der Waals surface area contributed by atoms with E-state index < -0.39 is 7.82 Å². The van der Waals surface area contributed by atoms with Gasteiger partial charge in [0.05, 0.1) is 11.1 Å². The molecule has 0 aliphatic rings. The summed E-state index contributed by atoms with van der Waals surface area (Å²) in [5.74, 6) is 0.625. The van der Waals surface area contributed by atoms with E-state index in [1.165, 1.54) is 0 Å². The Balaban J connectivity index is 0. The summed E-state index contributed by atoms with van der Waals surface area (Å²) in [5, 5.41) is 0. The van der Waals surface area contributed by atoms with Gasteiger partial charge >= 0.3 is 7.82 Å². The van der Waals surface area contributed by atoms with E-state index in [9.17, 15) is 4.57 Å². The van der Waals surface area contributed by atoms with Gasteiger partial charge in [-0.2, -0.15) is 0 Å². The Bertz CT molecular complexity index is 199. The number of rotatable bonds is 6. The second kappa shape index (κ2) is 11.3. The van der Waals surface area contributed by atoms with Crippen LogP contribution in [-0.2, 0) is 13.1 Å². The molecule has 1 unspecified atom stereocenters. The Kier molecular flexibility index (Phi) is 13.6. The van der Waals surface area contributed by atoms with Crippen molar-refractivity contribution in [3.05, 3.63) is 11.1 Å². The molecule has 0 amide bonds. The maximum Gasteiger partial charge on any atom is 0.483 e. The third kappa shape index (κ3) is 20.8. The lowest BCUT2D eigenvalue weighted by molar-refractivity contribution is 0.212. The molecule has 1 atom stereocenters. The lowest BCUT2D eigenvalue weighted by Gasteiger charge is -2.08. The Hall–Kier alpha value is 0.780. The fourth-order valence-electron chi connectivity index (χ4n) is 0.347. The molecule has 0 fully saturated rings. The zero-order valence-corrected chi connectivity index (χ0v) is 11.8. The topological polar surface area (TPSA) is 55.8 Å². The first kappa shape index (κ1) is 18.2. The first-order valence-corrected chi connectivity index (χ1v) is 7.30. The van der Waals surface area contributed by atoms with Crippen LogP contribution in [0.15, 0.2) is 11.1 Å². The fraction of sp³-hybridized carbons (Fsp3) is 0.714. The molecule has 0 aromatic rings. The number of hydrogen-bond acceptors (Lipinski definition) is 4. The summed E-state index contributed by atoms with van der Waals surface area (Å²) in [6.07, 6.45) is 0.699. The monoisotopic (exact) mass is 296 g/mol. The Morgan fingerprint density at radius 2 is 2.00 bits per heavy atom. The smallest absolute Gasteiger partial charge is 0.302 e. The van der Waals surface area contributed by atoms with E-state index in [4.69, 9.17) is 28.1 Å². The van der Waals surface area contributed by atoms with Crippen LogP contribution in [0.5, 0.6) is 0 Å². The van der Waals surface area contributed by atoms with Gasteiger partial charge in [-0.1, -0.05) is 43.6 Å². The van der Waals surface area contributed by atoms with Crippen LogP contribution in [0.4, 0.5) is 0 Å². The van der Waals surface area contributed by atoms with Crippen molar-refractivity contribution in [1.82, 2.24) is 0 Å². The SMILES string of the molecule is C=C(Cl)Cl.CCCOP(=O)(O)OSCC. The number of hydrogen-bond donors (Lipinski definition) is 1. The zero-order valence-electron chi connectivity index (χ0n) is 8.61. The Morgan fingerprint density at radius 3 is 2.33 bits per heavy atom. The van der Waals surface area contributed by atoms with Crippen LogP contribution in [0.1, 0.15) is 20.3 Å². The molecule has 0 spiro atoms. The number of halogens is 2. The number of phosphoric acid groups is 1. The summed E-state index contributed by atoms with van der Waals surface area (Å²) < 4.78 is 20.0. The zero-order chi connectivity index (χ0) is 12.3. The Labute approximate surface area is 105 Å². The molecule has 0 aliphatic heterocycles. The van der Waals surface area contributed by atoms with Gasteiger partial charge in [0, 0.05) is 17.8 Å². The highest BCUT2D eigenvalue weighted by Crippen LogP contribution is 2.46. The second-order valence-corrected chi connectivity index (χ2v) is 5.83. The van der Waals surface area contributed by atoms with Crippen LogP contribution < -0.4 is 0 Å². The quantitative estimate of drug-likeness (QED) is 0.590. The largest absolute Gasteiger partial charge is 0.483 e. The average Bonchev–Trinajstić information content (AvgIpc) is 2.11. The summed E-state index contributed by atoms with van der Waals surface area (Å²) in [5.41, 5.74) is 0. The summed E-state index contributed by atoms with van der Waals surface area (Å²) in [6, 6.07) is 0. The molecule has 8 heteroatoms. The van der Waals surface area contributed by atoms with Gasteiger partial charge in [0.15, 0.2) is 0 Å². The normalized spacial score (nSPS) is 13.7. The van der Waals surface area contributed by atoms with Crippen molar-refractivity contribution in [3.63, 3.8) is 0 Å². The minimum Gasteiger partial charge on any atom is -0.302 e. The molecule has 0 radical (unpaired) electrons. The van der Waals surface area contributed by atoms with Crippen LogP contribution in [0.25, 0.3) is 0 Å². The van der Waals surface area contributed by atoms with Crippen molar-refractivity contribution in [2.24, 2.45) is 0 Å². The molecular weight excluding hydrogens is 282 g/mol. The van der Waals surface area contributed by atoms with E-state index in [0.717, 1.165) is 12.0 Å². The molecule has 0 heterocycles. The molecular formula is C7H15Cl2O4PS. The van der Waals surface area contributed by atoms with Crippen LogP contribution in [0, 0.1) is 0 Å². The first-order valence-electron chi connectivity index (χ1n) is 4.14. The predicted octanol–water partition coefficient (Wildman–Crippen LogP) is 4.13. The predicted molar refractivity (Wildman–Crippen MR) is 66.1 cm³/mol. The molecule has 0 aromatic carbocycles. The molecule has 92 valence electrons. The van der Waals surface area contributed by atoms with Gasteiger partial charge in [-0.3, -0.25) is 4.52 Å². The summed E-state index contributed by atoms with van der Waals surface area (Å²) in [4.78, 5) is 8.87. The maximum atomic E-state index is 10.8. The van der Waals surface area contributed by atoms with Gasteiger partial charge in [0.25, 0.3) is 0 Å². The highest BCUT2D eigenvalue weighted by molar-refractivity contribution is 7.97. The van der Waals surface area contributed by atoms with Gasteiger partial charge in [0.2, 0.25) is 0 Å². The van der Waals surface area contributed by atoms with E-state index in [2.05, 4.69) is 15.1 Å². The van der Waals surface area contributed by atoms with Crippen LogP contribution >= 0.6 is 43.1 Å². The average molecular weight is 297 g/mol. The molecule has 1 N–H and O–H groups in total. The van der Waals surface area contributed by atoms with Crippen molar-refractivity contribution in [2.75, 3.05) is 12.4 Å². The minimum absolute atomic E-state index is 0.111. The van der Waals surface area contributed by atoms with Crippen molar-refractivity contribution in [2.45, 2.75) is 20.3 Å². The fourth-order valence-corrected chi connectivity index (χ4v) is 1.89. The van der Waals surface area contributed by atoms with Crippen LogP contribution in [0.2, 0.25) is 0 Å². The second-order valence-electron chi connectivity index (χ2n) is 2.12. The third-order valence-electron chi connectivity index (χ3n) is 0.723. The molecule has 0 rings (SSSR count). The highest BCUT2D eigenvalue weighted by atomic mass is 35.5. The van der Waals surface area contributed by atoms with Gasteiger partial charge in [-0.25, -0.2) is 8.54 Å². The molecule has 0 bridgehead atoms. The van der Waals surface area contributed by atoms with E-state index in [1.807, 2.05) is 13.8 Å². The molecule has 15 heavy (non-hydrogen) atoms. The molecule has 0 aromatic heterocycles. The third-order valence-corrected chi connectivity index (χ3v) is 2.64. The first-order chi connectivity index (χ1) is 6.85. The standard InChI is InChI=1S/C5H13O4PS.C2H2Cl2/c1-3-5-8-10(6,7)9-11-4-2;1-2(3)4/h3-5H2,1-2H3,(H,6,7);1H2. The Morgan fingerprint density at radius 1 is 1.53 bits per heavy atom. The highest BCUT2D eigenvalue weighted by Gasteiger charge is 2.20. The van der Waals surface area contributed by atoms with Crippen molar-refractivity contribution < 1.29 is 18.0 Å². The minimum atomic E-state index is -3.76. The molecule has 0 aliphatic carbocycles. The van der Waals surface area contributed by atoms with E-state index in [0.29, 0.717) is 12.2 Å². The molecule has 0 saturated carbocycles. The van der Waals surface area contributed by atoms with E-state index in [1.54, 1.807) is 0 Å². The van der Waals surface area contributed by atoms with Crippen LogP contribution in [-0.4, -0.2) is 17.3 Å². The molecule has 0 saturated heterocycles. The lowest BCUT2D eigenvalue weighted by Crippen LogP contribution is -1.91. The van der Waals surface area contributed by atoms with Crippen LogP contribution in [0.3, 0.4) is 0 Å². The van der Waals surface area contributed by atoms with Crippen molar-refractivity contribution in [3.8, 4) is 0 Å². The van der Waals surface area contributed by atoms with Gasteiger partial charge in [-0.05, 0) is 6.42 Å². The summed E-state index contributed by atoms with van der Waals surface area (Å²) in [7, 11) is -3.76. The van der Waals surface area contributed by atoms with Gasteiger partial charge in [0.1, 0.15) is 0 Å². The lowest BCUT2D eigenvalue weighted by atomic mass is 10.5. The van der Waals surface area contributed by atoms with Crippen molar-refractivity contribution >= 4 is 43.1 Å². The molecule has 4 nitrogen and oxygen atoms in total. The number of phosphoric ester groups is 1. The van der Waals surface area contributed by atoms with Crippen molar-refractivity contribution in [1.29, 1.82) is 0 Å². The van der Waals surface area contributed by atoms with Gasteiger partial charge < -0.3 is 4.89 Å². The maximum absolute atomic E-state index is 10.8. The van der Waals surface area contributed by atoms with E-state index in [-0.39, 0.29) is 11.1 Å².